The molecule has 0 unspecified atom stereocenters. The van der Waals surface area contributed by atoms with Crippen LogP contribution in [0.1, 0.15) is 0 Å². The van der Waals surface area contributed by atoms with Crippen molar-refractivity contribution in [3.63, 3.8) is 0 Å². The van der Waals surface area contributed by atoms with Crippen molar-refractivity contribution in [3.8, 4) is 11.1 Å². The van der Waals surface area contributed by atoms with Gasteiger partial charge in [-0.3, -0.25) is 0 Å². The Kier molecular flexibility index (Phi) is 6.58. The molecule has 0 bridgehead atoms. The lowest BCUT2D eigenvalue weighted by Crippen LogP contribution is -2.73. The Labute approximate surface area is 310 Å². The summed E-state index contributed by atoms with van der Waals surface area (Å²) in [5.74, 6) is -0.228. The number of nitrogens with zero attached hydrogens (tertiary/aromatic N) is 2. The Bertz CT molecular complexity index is 2660. The molecule has 0 atom stereocenters. The number of rotatable bonds is 4. The van der Waals surface area contributed by atoms with Crippen molar-refractivity contribution < 1.29 is 4.39 Å². The van der Waals surface area contributed by atoms with E-state index >= 15 is 4.39 Å². The summed E-state index contributed by atoms with van der Waals surface area (Å²) in [5, 5.41) is 5.50. The van der Waals surface area contributed by atoms with Crippen molar-refractivity contribution in [2.75, 3.05) is 9.80 Å². The maximum absolute atomic E-state index is 16.9. The molecule has 53 heavy (non-hydrogen) atoms. The first-order chi connectivity index (χ1) is 26.2. The second kappa shape index (κ2) is 11.5. The fourth-order valence-electron chi connectivity index (χ4n) is 9.56. The minimum atomic E-state index is -2.79. The SMILES string of the molecule is Fc1ccc2c3c1N(c1ccccc1)c1cc4c(cc1B3c1ccccc1N2c1ccccc1)[Si](c1ccccc1)(c1ccccc1)c1ccccc1-4. The van der Waals surface area contributed by atoms with Gasteiger partial charge >= 0.3 is 0 Å². The summed E-state index contributed by atoms with van der Waals surface area (Å²) in [6.45, 7) is -0.186. The molecule has 3 heterocycles. The van der Waals surface area contributed by atoms with E-state index in [9.17, 15) is 0 Å². The molecule has 0 saturated carbocycles. The van der Waals surface area contributed by atoms with E-state index in [1.807, 2.05) is 30.3 Å². The van der Waals surface area contributed by atoms with Gasteiger partial charge in [0.15, 0.2) is 8.07 Å². The van der Waals surface area contributed by atoms with Crippen LogP contribution in [0.25, 0.3) is 11.1 Å². The summed E-state index contributed by atoms with van der Waals surface area (Å²) in [5.41, 5.74) is 11.6. The van der Waals surface area contributed by atoms with E-state index in [4.69, 9.17) is 0 Å². The Hall–Kier alpha value is -6.43. The zero-order valence-electron chi connectivity index (χ0n) is 28.8. The topological polar surface area (TPSA) is 6.48 Å². The van der Waals surface area contributed by atoms with Crippen LogP contribution >= 0.6 is 0 Å². The average Bonchev–Trinajstić information content (AvgIpc) is 3.52. The quantitative estimate of drug-likeness (QED) is 0.179. The normalized spacial score (nSPS) is 14.2. The molecule has 248 valence electrons. The molecule has 0 saturated heterocycles. The highest BCUT2D eigenvalue weighted by molar-refractivity contribution is 7.22. The van der Waals surface area contributed by atoms with Gasteiger partial charge in [0.05, 0.1) is 5.69 Å². The smallest absolute Gasteiger partial charge is 0.252 e. The van der Waals surface area contributed by atoms with Gasteiger partial charge < -0.3 is 9.80 Å². The first-order valence-corrected chi connectivity index (χ1v) is 20.3. The molecule has 11 rings (SSSR count). The first kappa shape index (κ1) is 30.2. The molecular weight excluding hydrogens is 662 g/mol. The summed E-state index contributed by atoms with van der Waals surface area (Å²) in [6, 6.07) is 69.4. The van der Waals surface area contributed by atoms with Crippen molar-refractivity contribution in [3.05, 3.63) is 200 Å². The van der Waals surface area contributed by atoms with Crippen LogP contribution in [-0.4, -0.2) is 14.8 Å². The maximum Gasteiger partial charge on any atom is 0.252 e. The fraction of sp³-hybridized carbons (Fsp3) is 0. The number of fused-ring (bicyclic) bond motifs is 7. The third-order valence-electron chi connectivity index (χ3n) is 11.6. The number of anilines is 6. The minimum absolute atomic E-state index is 0.186. The number of hydrogen-bond donors (Lipinski definition) is 0. The van der Waals surface area contributed by atoms with Crippen molar-refractivity contribution in [2.24, 2.45) is 0 Å². The zero-order chi connectivity index (χ0) is 35.1. The maximum atomic E-state index is 16.9. The Balaban J connectivity index is 1.29. The monoisotopic (exact) mass is 694 g/mol. The fourth-order valence-corrected chi connectivity index (χ4v) is 14.8. The highest BCUT2D eigenvalue weighted by Crippen LogP contribution is 2.46. The Morgan fingerprint density at radius 2 is 0.981 bits per heavy atom. The van der Waals surface area contributed by atoms with Gasteiger partial charge in [-0.05, 0) is 96.8 Å². The van der Waals surface area contributed by atoms with Crippen LogP contribution in [0.4, 0.5) is 38.5 Å². The Morgan fingerprint density at radius 1 is 0.415 bits per heavy atom. The van der Waals surface area contributed by atoms with Crippen LogP contribution in [0, 0.1) is 5.82 Å². The molecule has 2 nitrogen and oxygen atoms in total. The van der Waals surface area contributed by atoms with Gasteiger partial charge in [0.2, 0.25) is 0 Å². The van der Waals surface area contributed by atoms with E-state index in [0.29, 0.717) is 5.69 Å². The van der Waals surface area contributed by atoms with Crippen molar-refractivity contribution >= 4 is 86.0 Å². The van der Waals surface area contributed by atoms with Crippen LogP contribution in [0.2, 0.25) is 0 Å². The third-order valence-corrected chi connectivity index (χ3v) is 16.4. The molecule has 8 aromatic carbocycles. The lowest BCUT2D eigenvalue weighted by Gasteiger charge is -2.44. The highest BCUT2D eigenvalue weighted by atomic mass is 28.3. The Morgan fingerprint density at radius 3 is 1.66 bits per heavy atom. The van der Waals surface area contributed by atoms with Crippen molar-refractivity contribution in [1.29, 1.82) is 0 Å². The number of benzene rings is 8. The second-order valence-electron chi connectivity index (χ2n) is 14.1. The first-order valence-electron chi connectivity index (χ1n) is 18.3. The van der Waals surface area contributed by atoms with Gasteiger partial charge in [-0.1, -0.05) is 146 Å². The minimum Gasteiger partial charge on any atom is -0.311 e. The third kappa shape index (κ3) is 4.14. The summed E-state index contributed by atoms with van der Waals surface area (Å²) in [7, 11) is -2.79. The van der Waals surface area contributed by atoms with Gasteiger partial charge in [0.25, 0.3) is 6.71 Å². The average molecular weight is 695 g/mol. The van der Waals surface area contributed by atoms with Gasteiger partial charge in [-0.15, -0.1) is 0 Å². The predicted molar refractivity (Wildman–Crippen MR) is 223 cm³/mol. The number of para-hydroxylation sites is 3. The molecule has 0 fully saturated rings. The molecule has 0 N–H and O–H groups in total. The van der Waals surface area contributed by atoms with E-state index in [2.05, 4.69) is 168 Å². The number of halogens is 1. The number of hydrogen-bond acceptors (Lipinski definition) is 2. The molecule has 0 spiro atoms. The summed E-state index contributed by atoms with van der Waals surface area (Å²) >= 11 is 0. The summed E-state index contributed by atoms with van der Waals surface area (Å²) in [4.78, 5) is 4.50. The van der Waals surface area contributed by atoms with Gasteiger partial charge in [-0.25, -0.2) is 4.39 Å². The molecule has 3 aliphatic heterocycles. The van der Waals surface area contributed by atoms with Gasteiger partial charge in [0.1, 0.15) is 5.82 Å². The van der Waals surface area contributed by atoms with Crippen molar-refractivity contribution in [1.82, 2.24) is 0 Å². The molecule has 8 aromatic rings. The molecule has 0 radical (unpaired) electrons. The second-order valence-corrected chi connectivity index (χ2v) is 17.9. The highest BCUT2D eigenvalue weighted by Gasteiger charge is 2.51. The lowest BCUT2D eigenvalue weighted by atomic mass is 9.33. The lowest BCUT2D eigenvalue weighted by molar-refractivity contribution is 0.629. The summed E-state index contributed by atoms with van der Waals surface area (Å²) in [6.07, 6.45) is 0. The largest absolute Gasteiger partial charge is 0.311 e. The zero-order valence-corrected chi connectivity index (χ0v) is 29.8. The van der Waals surface area contributed by atoms with Gasteiger partial charge in [-0.2, -0.15) is 0 Å². The van der Waals surface area contributed by atoms with Crippen LogP contribution in [0.15, 0.2) is 194 Å². The molecule has 3 aliphatic rings. The molecule has 0 aliphatic carbocycles. The standard InChI is InChI=1S/C48H32BFN2Si/c50-41-29-30-43-47-48(41)52(34-19-7-2-8-20-34)44-31-38-37-25-13-16-28-45(37)53(35-21-9-3-10-22-35,36-23-11-4-12-24-36)46(38)32-40(44)49(47)39-26-14-15-27-42(39)51(43)33-17-5-1-6-18-33/h1-32H. The van der Waals surface area contributed by atoms with Crippen LogP contribution in [0.3, 0.4) is 0 Å². The van der Waals surface area contributed by atoms with Gasteiger partial charge in [0, 0.05) is 28.4 Å². The van der Waals surface area contributed by atoms with Crippen LogP contribution < -0.4 is 46.9 Å². The molecular formula is C48H32BFN2Si. The van der Waals surface area contributed by atoms with E-state index in [1.54, 1.807) is 6.07 Å². The van der Waals surface area contributed by atoms with Crippen molar-refractivity contribution in [2.45, 2.75) is 0 Å². The van der Waals surface area contributed by atoms with E-state index in [0.717, 1.165) is 33.9 Å². The van der Waals surface area contributed by atoms with E-state index in [1.165, 1.54) is 42.8 Å². The molecule has 5 heteroatoms. The molecule has 0 amide bonds. The van der Waals surface area contributed by atoms with Crippen LogP contribution in [-0.2, 0) is 0 Å². The molecule has 0 aromatic heterocycles. The van der Waals surface area contributed by atoms with E-state index < -0.39 is 8.07 Å². The van der Waals surface area contributed by atoms with E-state index in [-0.39, 0.29) is 12.5 Å². The van der Waals surface area contributed by atoms with Crippen LogP contribution in [0.5, 0.6) is 0 Å². The predicted octanol–water partition coefficient (Wildman–Crippen LogP) is 7.27. The summed E-state index contributed by atoms with van der Waals surface area (Å²) < 4.78 is 16.9.